The minimum absolute atomic E-state index is 0.192. The highest BCUT2D eigenvalue weighted by atomic mass is 16.5. The van der Waals surface area contributed by atoms with E-state index in [9.17, 15) is 9.59 Å². The first-order chi connectivity index (χ1) is 9.28. The van der Waals surface area contributed by atoms with Crippen molar-refractivity contribution in [2.24, 2.45) is 0 Å². The number of rotatable bonds is 5. The van der Waals surface area contributed by atoms with E-state index < -0.39 is 5.97 Å². The van der Waals surface area contributed by atoms with Crippen molar-refractivity contribution in [3.63, 3.8) is 0 Å². The summed E-state index contributed by atoms with van der Waals surface area (Å²) in [6, 6.07) is 7.09. The van der Waals surface area contributed by atoms with Crippen LogP contribution in [0.2, 0.25) is 0 Å². The van der Waals surface area contributed by atoms with Gasteiger partial charge in [-0.25, -0.2) is 0 Å². The zero-order chi connectivity index (χ0) is 15.6. The fourth-order valence-corrected chi connectivity index (χ4v) is 1.30. The molecule has 0 aliphatic carbocycles. The average Bonchev–Trinajstić information content (AvgIpc) is 2.36. The van der Waals surface area contributed by atoms with Crippen molar-refractivity contribution in [2.75, 3.05) is 0 Å². The van der Waals surface area contributed by atoms with Crippen LogP contribution in [0.15, 0.2) is 24.3 Å². The van der Waals surface area contributed by atoms with Crippen molar-refractivity contribution in [3.8, 4) is 5.75 Å². The molecule has 4 nitrogen and oxygen atoms in total. The first kappa shape index (κ1) is 18.2. The van der Waals surface area contributed by atoms with E-state index in [-0.39, 0.29) is 5.60 Å². The van der Waals surface area contributed by atoms with Gasteiger partial charge in [0, 0.05) is 12.0 Å². The highest BCUT2D eigenvalue weighted by Crippen LogP contribution is 2.17. The molecule has 0 spiro atoms. The Labute approximate surface area is 120 Å². The van der Waals surface area contributed by atoms with Gasteiger partial charge >= 0.3 is 5.97 Å². The molecule has 0 fully saturated rings. The quantitative estimate of drug-likeness (QED) is 0.830. The monoisotopic (exact) mass is 280 g/mol. The molecular weight excluding hydrogens is 256 g/mol. The molecule has 0 aliphatic heterocycles. The van der Waals surface area contributed by atoms with Gasteiger partial charge in [-0.2, -0.15) is 0 Å². The normalized spacial score (nSPS) is 10.2. The lowest BCUT2D eigenvalue weighted by molar-refractivity contribution is -0.137. The van der Waals surface area contributed by atoms with Crippen LogP contribution in [0.3, 0.4) is 0 Å². The lowest BCUT2D eigenvalue weighted by atomic mass is 10.2. The van der Waals surface area contributed by atoms with E-state index in [4.69, 9.17) is 9.84 Å². The second-order valence-corrected chi connectivity index (χ2v) is 5.40. The molecule has 0 heterocycles. The van der Waals surface area contributed by atoms with E-state index in [1.165, 1.54) is 0 Å². The molecule has 1 rings (SSSR count). The highest BCUT2D eigenvalue weighted by molar-refractivity contribution is 5.74. The maximum atomic E-state index is 10.4. The number of hydrogen-bond donors (Lipinski definition) is 1. The third-order valence-electron chi connectivity index (χ3n) is 2.18. The standard InChI is InChI=1S/C11H14O2.C5H10O2/c1-11(2,3)13-10-6-4-9(8-12)5-7-10;1-2-3-4-5(6)7/h4-8H,1-3H3;2-4H2,1H3,(H,6,7). The average molecular weight is 280 g/mol. The van der Waals surface area contributed by atoms with Gasteiger partial charge in [-0.3, -0.25) is 9.59 Å². The molecule has 0 radical (unpaired) electrons. The minimum Gasteiger partial charge on any atom is -0.488 e. The minimum atomic E-state index is -0.693. The fourth-order valence-electron chi connectivity index (χ4n) is 1.30. The summed E-state index contributed by atoms with van der Waals surface area (Å²) >= 11 is 0. The van der Waals surface area contributed by atoms with E-state index >= 15 is 0 Å². The number of carbonyl (C=O) groups excluding carboxylic acids is 1. The van der Waals surface area contributed by atoms with E-state index in [1.54, 1.807) is 24.3 Å². The number of carboxylic acid groups (broad SMARTS) is 1. The van der Waals surface area contributed by atoms with E-state index in [0.717, 1.165) is 24.9 Å². The SMILES string of the molecule is CC(C)(C)Oc1ccc(C=O)cc1.CCCCC(=O)O. The zero-order valence-electron chi connectivity index (χ0n) is 12.7. The molecule has 0 saturated heterocycles. The second-order valence-electron chi connectivity index (χ2n) is 5.40. The molecule has 0 bridgehead atoms. The third kappa shape index (κ3) is 10.1. The Balaban J connectivity index is 0.000000441. The summed E-state index contributed by atoms with van der Waals surface area (Å²) in [5, 5.41) is 8.04. The van der Waals surface area contributed by atoms with Gasteiger partial charge in [-0.15, -0.1) is 0 Å². The molecule has 1 aromatic carbocycles. The fraction of sp³-hybridized carbons (Fsp3) is 0.500. The Morgan fingerprint density at radius 2 is 1.80 bits per heavy atom. The molecule has 0 saturated carbocycles. The van der Waals surface area contributed by atoms with Gasteiger partial charge in [0.05, 0.1) is 0 Å². The summed E-state index contributed by atoms with van der Waals surface area (Å²) in [6.45, 7) is 7.94. The van der Waals surface area contributed by atoms with Gasteiger partial charge in [0.15, 0.2) is 0 Å². The molecular formula is C16H24O4. The molecule has 1 aromatic rings. The number of benzene rings is 1. The van der Waals surface area contributed by atoms with Crippen LogP contribution in [0.25, 0.3) is 0 Å². The van der Waals surface area contributed by atoms with Crippen LogP contribution in [0.5, 0.6) is 5.75 Å². The predicted molar refractivity (Wildman–Crippen MR) is 79.4 cm³/mol. The van der Waals surface area contributed by atoms with Crippen molar-refractivity contribution in [1.29, 1.82) is 0 Å². The maximum absolute atomic E-state index is 10.4. The van der Waals surface area contributed by atoms with E-state index in [1.807, 2.05) is 27.7 Å². The summed E-state index contributed by atoms with van der Waals surface area (Å²) < 4.78 is 5.59. The van der Waals surface area contributed by atoms with Crippen LogP contribution < -0.4 is 4.74 Å². The van der Waals surface area contributed by atoms with Crippen molar-refractivity contribution in [3.05, 3.63) is 29.8 Å². The molecule has 112 valence electrons. The van der Waals surface area contributed by atoms with Crippen molar-refractivity contribution >= 4 is 12.3 Å². The number of ether oxygens (including phenoxy) is 1. The number of carbonyl (C=O) groups is 2. The summed E-state index contributed by atoms with van der Waals surface area (Å²) in [4.78, 5) is 20.1. The Morgan fingerprint density at radius 1 is 1.25 bits per heavy atom. The lowest BCUT2D eigenvalue weighted by Crippen LogP contribution is -2.22. The summed E-state index contributed by atoms with van der Waals surface area (Å²) in [6.07, 6.45) is 2.90. The van der Waals surface area contributed by atoms with E-state index in [0.29, 0.717) is 12.0 Å². The highest BCUT2D eigenvalue weighted by Gasteiger charge is 2.10. The van der Waals surface area contributed by atoms with Crippen LogP contribution in [0, 0.1) is 0 Å². The van der Waals surface area contributed by atoms with E-state index in [2.05, 4.69) is 0 Å². The molecule has 4 heteroatoms. The summed E-state index contributed by atoms with van der Waals surface area (Å²) in [5.41, 5.74) is 0.476. The van der Waals surface area contributed by atoms with Gasteiger partial charge in [0.2, 0.25) is 0 Å². The maximum Gasteiger partial charge on any atom is 0.303 e. The van der Waals surface area contributed by atoms with Crippen LogP contribution in [-0.2, 0) is 4.79 Å². The molecule has 1 N–H and O–H groups in total. The van der Waals surface area contributed by atoms with Crippen molar-refractivity contribution in [2.45, 2.75) is 52.6 Å². The van der Waals surface area contributed by atoms with Crippen LogP contribution in [0.1, 0.15) is 57.3 Å². The molecule has 0 amide bonds. The van der Waals surface area contributed by atoms with Gasteiger partial charge in [0.1, 0.15) is 17.6 Å². The Kier molecular flexibility index (Phi) is 8.29. The number of carboxylic acids is 1. The first-order valence-corrected chi connectivity index (χ1v) is 6.74. The Hall–Kier alpha value is -1.84. The number of hydrogen-bond acceptors (Lipinski definition) is 3. The second kappa shape index (κ2) is 9.13. The van der Waals surface area contributed by atoms with Crippen molar-refractivity contribution < 1.29 is 19.4 Å². The Bertz CT molecular complexity index is 401. The molecule has 20 heavy (non-hydrogen) atoms. The van der Waals surface area contributed by atoms with Gasteiger partial charge < -0.3 is 9.84 Å². The zero-order valence-corrected chi connectivity index (χ0v) is 12.7. The molecule has 0 aromatic heterocycles. The third-order valence-corrected chi connectivity index (χ3v) is 2.18. The van der Waals surface area contributed by atoms with Crippen molar-refractivity contribution in [1.82, 2.24) is 0 Å². The molecule has 0 aliphatic rings. The number of unbranched alkanes of at least 4 members (excludes halogenated alkanes) is 1. The van der Waals surface area contributed by atoms with Gasteiger partial charge in [-0.05, 0) is 51.5 Å². The summed E-state index contributed by atoms with van der Waals surface area (Å²) in [5.74, 6) is 0.0972. The number of aliphatic carboxylic acids is 1. The molecule has 0 unspecified atom stereocenters. The number of aldehydes is 1. The lowest BCUT2D eigenvalue weighted by Gasteiger charge is -2.21. The largest absolute Gasteiger partial charge is 0.488 e. The predicted octanol–water partition coefficient (Wildman–Crippen LogP) is 3.94. The first-order valence-electron chi connectivity index (χ1n) is 6.74. The topological polar surface area (TPSA) is 63.6 Å². The molecule has 0 atom stereocenters. The Morgan fingerprint density at radius 3 is 2.10 bits per heavy atom. The van der Waals surface area contributed by atoms with Gasteiger partial charge in [0.25, 0.3) is 0 Å². The summed E-state index contributed by atoms with van der Waals surface area (Å²) in [7, 11) is 0. The van der Waals surface area contributed by atoms with Crippen LogP contribution in [-0.4, -0.2) is 23.0 Å². The van der Waals surface area contributed by atoms with Gasteiger partial charge in [-0.1, -0.05) is 13.3 Å². The van der Waals surface area contributed by atoms with Crippen LogP contribution in [0.4, 0.5) is 0 Å². The smallest absolute Gasteiger partial charge is 0.303 e. The van der Waals surface area contributed by atoms with Crippen LogP contribution >= 0.6 is 0 Å².